The lowest BCUT2D eigenvalue weighted by Gasteiger charge is -2.12. The lowest BCUT2D eigenvalue weighted by atomic mass is 10.2. The summed E-state index contributed by atoms with van der Waals surface area (Å²) in [5, 5.41) is 0.820. The van der Waals surface area contributed by atoms with Crippen LogP contribution in [0.4, 0.5) is 0 Å². The number of hydrogen-bond donors (Lipinski definition) is 0. The van der Waals surface area contributed by atoms with E-state index in [2.05, 4.69) is 0 Å². The van der Waals surface area contributed by atoms with E-state index in [1.807, 2.05) is 0 Å². The summed E-state index contributed by atoms with van der Waals surface area (Å²) in [6.07, 6.45) is 5.71. The Morgan fingerprint density at radius 3 is 2.13 bits per heavy atom. The third-order valence-electron chi connectivity index (χ3n) is 2.95. The zero-order valence-electron chi connectivity index (χ0n) is 12.9. The van der Waals surface area contributed by atoms with Gasteiger partial charge < -0.3 is 14.2 Å². The molecule has 0 aliphatic rings. The summed E-state index contributed by atoms with van der Waals surface area (Å²) < 4.78 is 16.3. The SMILES string of the molecule is COCCCCCCOc1c(Cl)cc(OCC=C(Cl)Cl)cc1Cl. The summed E-state index contributed by atoms with van der Waals surface area (Å²) in [5.41, 5.74) is 0. The lowest BCUT2D eigenvalue weighted by molar-refractivity contribution is 0.191. The molecule has 0 N–H and O–H groups in total. The number of hydrogen-bond acceptors (Lipinski definition) is 3. The van der Waals surface area contributed by atoms with E-state index in [0.717, 1.165) is 32.3 Å². The third-order valence-corrected chi connectivity index (χ3v) is 3.82. The first-order valence-electron chi connectivity index (χ1n) is 7.29. The second-order valence-corrected chi connectivity index (χ2v) is 6.60. The molecule has 0 heterocycles. The smallest absolute Gasteiger partial charge is 0.156 e. The van der Waals surface area contributed by atoms with E-state index in [0.29, 0.717) is 28.2 Å². The zero-order chi connectivity index (χ0) is 17.1. The van der Waals surface area contributed by atoms with E-state index in [1.165, 1.54) is 6.08 Å². The molecule has 3 nitrogen and oxygen atoms in total. The van der Waals surface area contributed by atoms with Gasteiger partial charge >= 0.3 is 0 Å². The molecule has 23 heavy (non-hydrogen) atoms. The molecule has 0 fully saturated rings. The maximum Gasteiger partial charge on any atom is 0.156 e. The number of rotatable bonds is 11. The summed E-state index contributed by atoms with van der Waals surface area (Å²) in [6.45, 7) is 1.60. The summed E-state index contributed by atoms with van der Waals surface area (Å²) in [4.78, 5) is 0. The molecule has 0 radical (unpaired) electrons. The summed E-state index contributed by atoms with van der Waals surface area (Å²) in [7, 11) is 1.71. The summed E-state index contributed by atoms with van der Waals surface area (Å²) in [5.74, 6) is 1.00. The first-order chi connectivity index (χ1) is 11.0. The van der Waals surface area contributed by atoms with Gasteiger partial charge in [-0.05, 0) is 25.3 Å². The van der Waals surface area contributed by atoms with Gasteiger partial charge in [-0.25, -0.2) is 0 Å². The molecule has 0 unspecified atom stereocenters. The Morgan fingerprint density at radius 2 is 1.57 bits per heavy atom. The van der Waals surface area contributed by atoms with Gasteiger partial charge in [-0.3, -0.25) is 0 Å². The Labute approximate surface area is 157 Å². The average molecular weight is 402 g/mol. The number of benzene rings is 1. The average Bonchev–Trinajstić information content (AvgIpc) is 2.48. The van der Waals surface area contributed by atoms with Crippen LogP contribution in [0.25, 0.3) is 0 Å². The predicted molar refractivity (Wildman–Crippen MR) is 97.6 cm³/mol. The van der Waals surface area contributed by atoms with E-state index < -0.39 is 0 Å². The Hall–Kier alpha value is -0.320. The van der Waals surface area contributed by atoms with Crippen LogP contribution in [0.2, 0.25) is 10.0 Å². The maximum atomic E-state index is 6.18. The van der Waals surface area contributed by atoms with Crippen LogP contribution in [0.15, 0.2) is 22.7 Å². The quantitative estimate of drug-likeness (QED) is 0.408. The number of methoxy groups -OCH3 is 1. The van der Waals surface area contributed by atoms with Crippen LogP contribution in [0, 0.1) is 0 Å². The highest BCUT2D eigenvalue weighted by atomic mass is 35.5. The highest BCUT2D eigenvalue weighted by molar-refractivity contribution is 6.55. The molecule has 0 bridgehead atoms. The molecule has 1 aromatic rings. The van der Waals surface area contributed by atoms with Gasteiger partial charge in [-0.2, -0.15) is 0 Å². The molecule has 0 saturated heterocycles. The van der Waals surface area contributed by atoms with Crippen molar-refractivity contribution < 1.29 is 14.2 Å². The standard InChI is InChI=1S/C16H20Cl4O3/c1-21-7-4-2-3-5-8-23-16-13(17)10-12(11-14(16)18)22-9-6-15(19)20/h6,10-11H,2-5,7-9H2,1H3. The normalized spacial score (nSPS) is 10.5. The molecule has 0 saturated carbocycles. The monoisotopic (exact) mass is 400 g/mol. The third kappa shape index (κ3) is 8.92. The molecule has 0 spiro atoms. The first-order valence-corrected chi connectivity index (χ1v) is 8.80. The Morgan fingerprint density at radius 1 is 0.957 bits per heavy atom. The van der Waals surface area contributed by atoms with Crippen LogP contribution in [0.3, 0.4) is 0 Å². The molecule has 7 heteroatoms. The van der Waals surface area contributed by atoms with Crippen molar-refractivity contribution in [3.8, 4) is 11.5 Å². The molecule has 0 atom stereocenters. The van der Waals surface area contributed by atoms with E-state index in [9.17, 15) is 0 Å². The number of halogens is 4. The van der Waals surface area contributed by atoms with Crippen LogP contribution in [0.5, 0.6) is 11.5 Å². The van der Waals surface area contributed by atoms with Crippen molar-refractivity contribution in [1.82, 2.24) is 0 Å². The van der Waals surface area contributed by atoms with Crippen LogP contribution < -0.4 is 9.47 Å². The second-order valence-electron chi connectivity index (χ2n) is 4.78. The number of unbranched alkanes of at least 4 members (excludes halogenated alkanes) is 3. The van der Waals surface area contributed by atoms with Crippen molar-refractivity contribution in [1.29, 1.82) is 0 Å². The van der Waals surface area contributed by atoms with Gasteiger partial charge in [0.1, 0.15) is 16.8 Å². The van der Waals surface area contributed by atoms with Gasteiger partial charge in [0.2, 0.25) is 0 Å². The van der Waals surface area contributed by atoms with Crippen molar-refractivity contribution in [2.45, 2.75) is 25.7 Å². The van der Waals surface area contributed by atoms with Gasteiger partial charge in [0.05, 0.1) is 16.7 Å². The molecule has 1 rings (SSSR count). The fraction of sp³-hybridized carbons (Fsp3) is 0.500. The van der Waals surface area contributed by atoms with Crippen molar-refractivity contribution >= 4 is 46.4 Å². The predicted octanol–water partition coefficient (Wildman–Crippen LogP) is 6.28. The van der Waals surface area contributed by atoms with E-state index in [1.54, 1.807) is 19.2 Å². The Kier molecular flexibility index (Phi) is 10.9. The maximum absolute atomic E-state index is 6.18. The summed E-state index contributed by atoms with van der Waals surface area (Å²) in [6, 6.07) is 3.30. The van der Waals surface area contributed by atoms with Gasteiger partial charge in [-0.15, -0.1) is 0 Å². The van der Waals surface area contributed by atoms with Gasteiger partial charge in [0, 0.05) is 25.8 Å². The molecule has 0 aliphatic heterocycles. The topological polar surface area (TPSA) is 27.7 Å². The molecule has 0 aromatic heterocycles. The largest absolute Gasteiger partial charge is 0.490 e. The Bertz CT molecular complexity index is 479. The van der Waals surface area contributed by atoms with Crippen molar-refractivity contribution in [3.63, 3.8) is 0 Å². The molecule has 0 aliphatic carbocycles. The van der Waals surface area contributed by atoms with Crippen molar-refractivity contribution in [3.05, 3.63) is 32.7 Å². The highest BCUT2D eigenvalue weighted by Crippen LogP contribution is 2.37. The minimum Gasteiger partial charge on any atom is -0.490 e. The van der Waals surface area contributed by atoms with Gasteiger partial charge in [-0.1, -0.05) is 52.8 Å². The first kappa shape index (κ1) is 20.7. The zero-order valence-corrected chi connectivity index (χ0v) is 15.9. The summed E-state index contributed by atoms with van der Waals surface area (Å²) >= 11 is 23.4. The van der Waals surface area contributed by atoms with Gasteiger partial charge in [0.15, 0.2) is 5.75 Å². The Balaban J connectivity index is 2.42. The van der Waals surface area contributed by atoms with E-state index in [4.69, 9.17) is 60.6 Å². The van der Waals surface area contributed by atoms with Crippen LogP contribution >= 0.6 is 46.4 Å². The fourth-order valence-corrected chi connectivity index (χ4v) is 2.54. The fourth-order valence-electron chi connectivity index (χ4n) is 1.83. The van der Waals surface area contributed by atoms with Crippen molar-refractivity contribution in [2.75, 3.05) is 26.9 Å². The van der Waals surface area contributed by atoms with Crippen molar-refractivity contribution in [2.24, 2.45) is 0 Å². The van der Waals surface area contributed by atoms with Crippen LogP contribution in [-0.2, 0) is 4.74 Å². The molecule has 0 amide bonds. The number of ether oxygens (including phenoxy) is 3. The van der Waals surface area contributed by atoms with Crippen LogP contribution in [0.1, 0.15) is 25.7 Å². The highest BCUT2D eigenvalue weighted by Gasteiger charge is 2.10. The van der Waals surface area contributed by atoms with E-state index >= 15 is 0 Å². The van der Waals surface area contributed by atoms with Gasteiger partial charge in [0.25, 0.3) is 0 Å². The second kappa shape index (κ2) is 12.1. The minimum atomic E-state index is 0.146. The molecule has 130 valence electrons. The molecular weight excluding hydrogens is 382 g/mol. The molecule has 1 aromatic carbocycles. The van der Waals surface area contributed by atoms with E-state index in [-0.39, 0.29) is 11.1 Å². The molecular formula is C16H20Cl4O3. The van der Waals surface area contributed by atoms with Crippen LogP contribution in [-0.4, -0.2) is 26.9 Å². The lowest BCUT2D eigenvalue weighted by Crippen LogP contribution is -2.00. The minimum absolute atomic E-state index is 0.146.